The summed E-state index contributed by atoms with van der Waals surface area (Å²) in [4.78, 5) is 33.6. The van der Waals surface area contributed by atoms with E-state index in [1.807, 2.05) is 0 Å². The SMILES string of the molecule is CC(C)(C)OC(=O)C(c1cccc([N+](=O)[O-])c1)C(N)C(=O)O. The smallest absolute Gasteiger partial charge is 0.321 e. The van der Waals surface area contributed by atoms with Crippen LogP contribution in [0, 0.1) is 10.1 Å². The van der Waals surface area contributed by atoms with Crippen LogP contribution in [-0.2, 0) is 14.3 Å². The van der Waals surface area contributed by atoms with Gasteiger partial charge in [-0.15, -0.1) is 0 Å². The molecule has 1 aromatic rings. The number of carbonyl (C=O) groups is 2. The lowest BCUT2D eigenvalue weighted by atomic mass is 9.91. The zero-order chi connectivity index (χ0) is 17.1. The predicted molar refractivity (Wildman–Crippen MR) is 77.3 cm³/mol. The molecule has 120 valence electrons. The van der Waals surface area contributed by atoms with Crippen molar-refractivity contribution in [3.05, 3.63) is 39.9 Å². The summed E-state index contributed by atoms with van der Waals surface area (Å²) in [6.07, 6.45) is 0. The number of aliphatic carboxylic acids is 1. The molecule has 1 rings (SSSR count). The van der Waals surface area contributed by atoms with Crippen LogP contribution < -0.4 is 5.73 Å². The molecule has 0 aliphatic heterocycles. The third-order valence-electron chi connectivity index (χ3n) is 2.75. The van der Waals surface area contributed by atoms with E-state index < -0.39 is 34.4 Å². The standard InChI is InChI=1S/C14H18N2O6/c1-14(2,3)22-13(19)10(11(15)12(17)18)8-5-4-6-9(7-8)16(20)21/h4-7,10-11H,15H2,1-3H3,(H,17,18). The van der Waals surface area contributed by atoms with E-state index in [1.165, 1.54) is 18.2 Å². The number of rotatable bonds is 5. The number of nitro benzene ring substituents is 1. The molecule has 22 heavy (non-hydrogen) atoms. The molecule has 0 amide bonds. The largest absolute Gasteiger partial charge is 0.480 e. The number of carboxylic acids is 1. The van der Waals surface area contributed by atoms with Gasteiger partial charge >= 0.3 is 11.9 Å². The van der Waals surface area contributed by atoms with E-state index in [1.54, 1.807) is 20.8 Å². The fraction of sp³-hybridized carbons (Fsp3) is 0.429. The number of carbonyl (C=O) groups excluding carboxylic acids is 1. The first-order chi connectivity index (χ1) is 10.0. The molecule has 8 heteroatoms. The van der Waals surface area contributed by atoms with Crippen LogP contribution in [0.15, 0.2) is 24.3 Å². The van der Waals surface area contributed by atoms with Crippen LogP contribution in [0.4, 0.5) is 5.69 Å². The summed E-state index contributed by atoms with van der Waals surface area (Å²) in [6, 6.07) is 3.56. The summed E-state index contributed by atoms with van der Waals surface area (Å²) in [5.41, 5.74) is 4.59. The van der Waals surface area contributed by atoms with Crippen molar-refractivity contribution < 1.29 is 24.4 Å². The lowest BCUT2D eigenvalue weighted by molar-refractivity contribution is -0.384. The quantitative estimate of drug-likeness (QED) is 0.477. The van der Waals surface area contributed by atoms with Gasteiger partial charge in [0.25, 0.3) is 5.69 Å². The lowest BCUT2D eigenvalue weighted by Gasteiger charge is -2.25. The van der Waals surface area contributed by atoms with Gasteiger partial charge in [0.15, 0.2) is 0 Å². The van der Waals surface area contributed by atoms with Gasteiger partial charge in [0.1, 0.15) is 17.6 Å². The highest BCUT2D eigenvalue weighted by Crippen LogP contribution is 2.26. The Kier molecular flexibility index (Phi) is 5.21. The minimum absolute atomic E-state index is 0.123. The van der Waals surface area contributed by atoms with E-state index in [2.05, 4.69) is 0 Å². The number of nitrogens with two attached hydrogens (primary N) is 1. The zero-order valence-electron chi connectivity index (χ0n) is 12.5. The van der Waals surface area contributed by atoms with Gasteiger partial charge in [0.05, 0.1) is 4.92 Å². The van der Waals surface area contributed by atoms with Gasteiger partial charge in [-0.2, -0.15) is 0 Å². The summed E-state index contributed by atoms with van der Waals surface area (Å²) in [5, 5.41) is 19.9. The van der Waals surface area contributed by atoms with E-state index in [0.29, 0.717) is 0 Å². The number of carboxylic acid groups (broad SMARTS) is 1. The monoisotopic (exact) mass is 310 g/mol. The maximum absolute atomic E-state index is 12.3. The second-order valence-corrected chi connectivity index (χ2v) is 5.73. The van der Waals surface area contributed by atoms with Gasteiger partial charge in [-0.25, -0.2) is 0 Å². The predicted octanol–water partition coefficient (Wildman–Crippen LogP) is 1.43. The summed E-state index contributed by atoms with van der Waals surface area (Å²) in [5.74, 6) is -3.58. The maximum atomic E-state index is 12.3. The summed E-state index contributed by atoms with van der Waals surface area (Å²) >= 11 is 0. The van der Waals surface area contributed by atoms with Crippen LogP contribution in [0.3, 0.4) is 0 Å². The molecule has 3 N–H and O–H groups in total. The van der Waals surface area contributed by atoms with Gasteiger partial charge in [0.2, 0.25) is 0 Å². The van der Waals surface area contributed by atoms with Crippen molar-refractivity contribution in [1.29, 1.82) is 0 Å². The molecule has 0 saturated carbocycles. The van der Waals surface area contributed by atoms with Crippen molar-refractivity contribution in [2.24, 2.45) is 5.73 Å². The number of benzene rings is 1. The minimum atomic E-state index is -1.57. The molecule has 0 aromatic heterocycles. The second-order valence-electron chi connectivity index (χ2n) is 5.73. The Morgan fingerprint density at radius 1 is 1.36 bits per heavy atom. The van der Waals surface area contributed by atoms with Gasteiger partial charge in [-0.05, 0) is 26.3 Å². The Balaban J connectivity index is 3.26. The number of hydrogen-bond acceptors (Lipinski definition) is 6. The van der Waals surface area contributed by atoms with Crippen LogP contribution in [0.25, 0.3) is 0 Å². The Hall–Kier alpha value is -2.48. The molecule has 0 radical (unpaired) electrons. The summed E-state index contributed by atoms with van der Waals surface area (Å²) in [7, 11) is 0. The molecule has 0 saturated heterocycles. The van der Waals surface area contributed by atoms with Crippen LogP contribution in [0.2, 0.25) is 0 Å². The van der Waals surface area contributed by atoms with E-state index >= 15 is 0 Å². The molecule has 0 bridgehead atoms. The molecular weight excluding hydrogens is 292 g/mol. The van der Waals surface area contributed by atoms with Crippen LogP contribution >= 0.6 is 0 Å². The molecule has 0 spiro atoms. The molecule has 0 aliphatic rings. The minimum Gasteiger partial charge on any atom is -0.480 e. The maximum Gasteiger partial charge on any atom is 0.321 e. The Morgan fingerprint density at radius 2 is 1.95 bits per heavy atom. The van der Waals surface area contributed by atoms with Crippen molar-refractivity contribution in [1.82, 2.24) is 0 Å². The number of esters is 1. The van der Waals surface area contributed by atoms with Crippen LogP contribution in [-0.4, -0.2) is 33.6 Å². The van der Waals surface area contributed by atoms with Crippen molar-refractivity contribution in [2.75, 3.05) is 0 Å². The Labute approximate surface area is 127 Å². The number of non-ortho nitro benzene ring substituents is 1. The van der Waals surface area contributed by atoms with E-state index in [4.69, 9.17) is 15.6 Å². The molecule has 8 nitrogen and oxygen atoms in total. The fourth-order valence-electron chi connectivity index (χ4n) is 1.83. The van der Waals surface area contributed by atoms with Gasteiger partial charge < -0.3 is 15.6 Å². The second kappa shape index (κ2) is 6.52. The zero-order valence-corrected chi connectivity index (χ0v) is 12.5. The summed E-state index contributed by atoms with van der Waals surface area (Å²) < 4.78 is 5.17. The van der Waals surface area contributed by atoms with E-state index in [9.17, 15) is 19.7 Å². The Morgan fingerprint density at radius 3 is 2.41 bits per heavy atom. The number of ether oxygens (including phenoxy) is 1. The van der Waals surface area contributed by atoms with E-state index in [-0.39, 0.29) is 11.3 Å². The van der Waals surface area contributed by atoms with Crippen LogP contribution in [0.5, 0.6) is 0 Å². The third kappa shape index (κ3) is 4.52. The first-order valence-corrected chi connectivity index (χ1v) is 6.48. The highest BCUT2D eigenvalue weighted by Gasteiger charge is 2.36. The van der Waals surface area contributed by atoms with Gasteiger partial charge in [0, 0.05) is 12.1 Å². The molecule has 0 fully saturated rings. The van der Waals surface area contributed by atoms with Crippen LogP contribution in [0.1, 0.15) is 32.3 Å². The molecule has 2 atom stereocenters. The van der Waals surface area contributed by atoms with E-state index in [0.717, 1.165) is 6.07 Å². The number of nitrogens with zero attached hydrogens (tertiary/aromatic N) is 1. The normalized spacial score (nSPS) is 14.0. The third-order valence-corrected chi connectivity index (χ3v) is 2.75. The first kappa shape index (κ1) is 17.6. The van der Waals surface area contributed by atoms with Gasteiger partial charge in [-0.3, -0.25) is 19.7 Å². The average Bonchev–Trinajstić information content (AvgIpc) is 2.36. The van der Waals surface area contributed by atoms with Gasteiger partial charge in [-0.1, -0.05) is 12.1 Å². The van der Waals surface area contributed by atoms with Crippen molar-refractivity contribution in [3.8, 4) is 0 Å². The highest BCUT2D eigenvalue weighted by molar-refractivity contribution is 5.88. The number of nitro groups is 1. The Bertz CT molecular complexity index is 593. The molecular formula is C14H18N2O6. The topological polar surface area (TPSA) is 133 Å². The van der Waals surface area contributed by atoms with Crippen molar-refractivity contribution in [2.45, 2.75) is 38.3 Å². The highest BCUT2D eigenvalue weighted by atomic mass is 16.6. The summed E-state index contributed by atoms with van der Waals surface area (Å²) in [6.45, 7) is 4.88. The molecule has 0 heterocycles. The number of hydrogen-bond donors (Lipinski definition) is 2. The molecule has 1 aromatic carbocycles. The first-order valence-electron chi connectivity index (χ1n) is 6.48. The van der Waals surface area contributed by atoms with Crippen molar-refractivity contribution in [3.63, 3.8) is 0 Å². The fourth-order valence-corrected chi connectivity index (χ4v) is 1.83. The average molecular weight is 310 g/mol. The lowest BCUT2D eigenvalue weighted by Crippen LogP contribution is -2.42. The molecule has 2 unspecified atom stereocenters. The molecule has 0 aliphatic carbocycles. The van der Waals surface area contributed by atoms with Crippen molar-refractivity contribution >= 4 is 17.6 Å².